The lowest BCUT2D eigenvalue weighted by Crippen LogP contribution is -2.11. The SMILES string of the molecule is CNCc1nc(C)c(Cc2ccc(F)c(F)c2)n1C. The fourth-order valence-corrected chi connectivity index (χ4v) is 2.14. The summed E-state index contributed by atoms with van der Waals surface area (Å²) >= 11 is 0. The normalized spacial score (nSPS) is 11.0. The third kappa shape index (κ3) is 2.81. The van der Waals surface area contributed by atoms with Gasteiger partial charge in [0.25, 0.3) is 0 Å². The van der Waals surface area contributed by atoms with Crippen LogP contribution in [0.1, 0.15) is 22.8 Å². The Bertz CT molecular complexity index is 591. The summed E-state index contributed by atoms with van der Waals surface area (Å²) in [4.78, 5) is 4.47. The van der Waals surface area contributed by atoms with E-state index in [0.717, 1.165) is 28.8 Å². The average molecular weight is 265 g/mol. The largest absolute Gasteiger partial charge is 0.333 e. The van der Waals surface area contributed by atoms with Crippen LogP contribution in [0.3, 0.4) is 0 Å². The molecule has 102 valence electrons. The molecule has 0 radical (unpaired) electrons. The van der Waals surface area contributed by atoms with Crippen molar-refractivity contribution in [3.05, 3.63) is 52.6 Å². The third-order valence-electron chi connectivity index (χ3n) is 3.20. The predicted octanol–water partition coefficient (Wildman–Crippen LogP) is 2.32. The molecule has 5 heteroatoms. The van der Waals surface area contributed by atoms with Crippen LogP contribution < -0.4 is 5.32 Å². The van der Waals surface area contributed by atoms with Gasteiger partial charge in [-0.2, -0.15) is 0 Å². The molecule has 0 spiro atoms. The van der Waals surface area contributed by atoms with Gasteiger partial charge in [0.1, 0.15) is 5.82 Å². The fourth-order valence-electron chi connectivity index (χ4n) is 2.14. The van der Waals surface area contributed by atoms with Gasteiger partial charge in [0.2, 0.25) is 0 Å². The number of nitrogens with one attached hydrogen (secondary N) is 1. The van der Waals surface area contributed by atoms with Crippen LogP contribution in [0.4, 0.5) is 8.78 Å². The summed E-state index contributed by atoms with van der Waals surface area (Å²) in [5, 5.41) is 3.05. The first kappa shape index (κ1) is 13.7. The Labute approximate surface area is 111 Å². The highest BCUT2D eigenvalue weighted by Crippen LogP contribution is 2.17. The lowest BCUT2D eigenvalue weighted by atomic mass is 10.1. The van der Waals surface area contributed by atoms with Crippen LogP contribution in [-0.4, -0.2) is 16.6 Å². The van der Waals surface area contributed by atoms with E-state index in [2.05, 4.69) is 10.3 Å². The Hall–Kier alpha value is -1.75. The Morgan fingerprint density at radius 1 is 1.26 bits per heavy atom. The molecule has 0 aliphatic heterocycles. The molecule has 1 heterocycles. The summed E-state index contributed by atoms with van der Waals surface area (Å²) in [5.74, 6) is -0.702. The van der Waals surface area contributed by atoms with Crippen molar-refractivity contribution in [1.29, 1.82) is 0 Å². The quantitative estimate of drug-likeness (QED) is 0.919. The minimum Gasteiger partial charge on any atom is -0.333 e. The van der Waals surface area contributed by atoms with Gasteiger partial charge in [-0.1, -0.05) is 6.07 Å². The molecular formula is C14H17F2N3. The van der Waals surface area contributed by atoms with Crippen LogP contribution in [0.15, 0.2) is 18.2 Å². The minimum absolute atomic E-state index is 0.538. The Morgan fingerprint density at radius 2 is 2.00 bits per heavy atom. The number of aryl methyl sites for hydroxylation is 1. The van der Waals surface area contributed by atoms with Crippen LogP contribution >= 0.6 is 0 Å². The van der Waals surface area contributed by atoms with Crippen molar-refractivity contribution >= 4 is 0 Å². The zero-order valence-corrected chi connectivity index (χ0v) is 11.3. The summed E-state index contributed by atoms with van der Waals surface area (Å²) in [5.41, 5.74) is 2.66. The second-order valence-electron chi connectivity index (χ2n) is 4.57. The molecule has 0 aliphatic rings. The highest BCUT2D eigenvalue weighted by Gasteiger charge is 2.12. The standard InChI is InChI=1S/C14H17F2N3/c1-9-13(19(3)14(18-9)8-17-2)7-10-4-5-11(15)12(16)6-10/h4-6,17H,7-8H2,1-3H3. The van der Waals surface area contributed by atoms with Gasteiger partial charge in [0, 0.05) is 19.2 Å². The van der Waals surface area contributed by atoms with E-state index < -0.39 is 11.6 Å². The number of hydrogen-bond acceptors (Lipinski definition) is 2. The monoisotopic (exact) mass is 265 g/mol. The molecule has 0 unspecified atom stereocenters. The van der Waals surface area contributed by atoms with Crippen molar-refractivity contribution in [2.75, 3.05) is 7.05 Å². The van der Waals surface area contributed by atoms with Crippen LogP contribution in [-0.2, 0) is 20.0 Å². The number of halogens is 2. The average Bonchev–Trinajstić information content (AvgIpc) is 2.62. The Kier molecular flexibility index (Phi) is 3.95. The minimum atomic E-state index is -0.818. The lowest BCUT2D eigenvalue weighted by Gasteiger charge is -2.07. The van der Waals surface area contributed by atoms with Gasteiger partial charge in [-0.25, -0.2) is 13.8 Å². The number of nitrogens with zero attached hydrogens (tertiary/aromatic N) is 2. The Morgan fingerprint density at radius 3 is 2.63 bits per heavy atom. The molecule has 0 aliphatic carbocycles. The molecule has 0 fully saturated rings. The molecule has 3 nitrogen and oxygen atoms in total. The van der Waals surface area contributed by atoms with Crippen LogP contribution in [0, 0.1) is 18.6 Å². The molecule has 2 aromatic rings. The smallest absolute Gasteiger partial charge is 0.159 e. The maximum absolute atomic E-state index is 13.2. The molecule has 0 saturated heterocycles. The van der Waals surface area contributed by atoms with Crippen molar-refractivity contribution in [2.24, 2.45) is 7.05 Å². The van der Waals surface area contributed by atoms with Gasteiger partial charge in [0.05, 0.1) is 12.2 Å². The molecule has 2 rings (SSSR count). The highest BCUT2D eigenvalue weighted by molar-refractivity contribution is 5.27. The van der Waals surface area contributed by atoms with Gasteiger partial charge in [-0.05, 0) is 31.7 Å². The van der Waals surface area contributed by atoms with Crippen molar-refractivity contribution < 1.29 is 8.78 Å². The molecule has 1 aromatic carbocycles. The maximum atomic E-state index is 13.2. The fraction of sp³-hybridized carbons (Fsp3) is 0.357. The second-order valence-corrected chi connectivity index (χ2v) is 4.57. The highest BCUT2D eigenvalue weighted by atomic mass is 19.2. The summed E-state index contributed by atoms with van der Waals surface area (Å²) in [6.07, 6.45) is 0.538. The molecule has 0 atom stereocenters. The van der Waals surface area contributed by atoms with E-state index in [-0.39, 0.29) is 0 Å². The van der Waals surface area contributed by atoms with E-state index in [1.54, 1.807) is 6.07 Å². The Balaban J connectivity index is 2.30. The molecule has 0 saturated carbocycles. The van der Waals surface area contributed by atoms with Gasteiger partial charge in [-0.3, -0.25) is 0 Å². The van der Waals surface area contributed by atoms with E-state index >= 15 is 0 Å². The topological polar surface area (TPSA) is 29.9 Å². The van der Waals surface area contributed by atoms with Gasteiger partial charge in [-0.15, -0.1) is 0 Å². The third-order valence-corrected chi connectivity index (χ3v) is 3.20. The summed E-state index contributed by atoms with van der Waals surface area (Å²) in [6, 6.07) is 3.99. The number of imidazole rings is 1. The van der Waals surface area contributed by atoms with E-state index in [0.29, 0.717) is 13.0 Å². The zero-order valence-electron chi connectivity index (χ0n) is 11.3. The predicted molar refractivity (Wildman–Crippen MR) is 69.9 cm³/mol. The van der Waals surface area contributed by atoms with Crippen molar-refractivity contribution in [3.63, 3.8) is 0 Å². The number of rotatable bonds is 4. The molecular weight excluding hydrogens is 248 g/mol. The summed E-state index contributed by atoms with van der Waals surface area (Å²) in [7, 11) is 3.79. The molecule has 1 aromatic heterocycles. The molecule has 19 heavy (non-hydrogen) atoms. The van der Waals surface area contributed by atoms with Gasteiger partial charge >= 0.3 is 0 Å². The van der Waals surface area contributed by atoms with Crippen LogP contribution in [0.25, 0.3) is 0 Å². The van der Waals surface area contributed by atoms with Crippen molar-refractivity contribution in [1.82, 2.24) is 14.9 Å². The van der Waals surface area contributed by atoms with E-state index in [1.165, 1.54) is 6.07 Å². The van der Waals surface area contributed by atoms with Crippen molar-refractivity contribution in [3.8, 4) is 0 Å². The number of hydrogen-bond donors (Lipinski definition) is 1. The molecule has 0 bridgehead atoms. The van der Waals surface area contributed by atoms with Crippen LogP contribution in [0.5, 0.6) is 0 Å². The van der Waals surface area contributed by atoms with E-state index in [4.69, 9.17) is 0 Å². The first-order valence-electron chi connectivity index (χ1n) is 6.12. The van der Waals surface area contributed by atoms with E-state index in [9.17, 15) is 8.78 Å². The maximum Gasteiger partial charge on any atom is 0.159 e. The van der Waals surface area contributed by atoms with Gasteiger partial charge in [0.15, 0.2) is 11.6 Å². The molecule has 0 amide bonds. The summed E-state index contributed by atoms with van der Waals surface area (Å²) < 4.78 is 28.1. The number of benzene rings is 1. The molecule has 1 N–H and O–H groups in total. The van der Waals surface area contributed by atoms with Crippen LogP contribution in [0.2, 0.25) is 0 Å². The first-order chi connectivity index (χ1) is 9.02. The van der Waals surface area contributed by atoms with E-state index in [1.807, 2.05) is 25.6 Å². The van der Waals surface area contributed by atoms with Gasteiger partial charge < -0.3 is 9.88 Å². The number of aromatic nitrogens is 2. The summed E-state index contributed by atoms with van der Waals surface area (Å²) in [6.45, 7) is 2.60. The lowest BCUT2D eigenvalue weighted by molar-refractivity contribution is 0.507. The second kappa shape index (κ2) is 5.48. The first-order valence-corrected chi connectivity index (χ1v) is 6.12. The zero-order chi connectivity index (χ0) is 14.0. The van der Waals surface area contributed by atoms with Crippen molar-refractivity contribution in [2.45, 2.75) is 19.9 Å².